The average Bonchev–Trinajstić information content (AvgIpc) is 2.73. The van der Waals surface area contributed by atoms with Crippen molar-refractivity contribution in [3.63, 3.8) is 0 Å². The quantitative estimate of drug-likeness (QED) is 0.374. The van der Waals surface area contributed by atoms with Gasteiger partial charge in [-0.2, -0.15) is 0 Å². The molecule has 0 radical (unpaired) electrons. The second-order valence-corrected chi connectivity index (χ2v) is 9.37. The molecule has 0 unspecified atom stereocenters. The minimum absolute atomic E-state index is 0.133. The fourth-order valence-corrected chi connectivity index (χ4v) is 5.28. The lowest BCUT2D eigenvalue weighted by atomic mass is 9.74. The maximum Gasteiger partial charge on any atom is 0.573 e. The summed E-state index contributed by atoms with van der Waals surface area (Å²) in [5.41, 5.74) is 1.14. The van der Waals surface area contributed by atoms with Crippen LogP contribution in [0, 0.1) is 17.8 Å². The van der Waals surface area contributed by atoms with Gasteiger partial charge in [0, 0.05) is 13.2 Å². The number of alkyl halides is 3. The lowest BCUT2D eigenvalue weighted by Crippen LogP contribution is -2.20. The highest BCUT2D eigenvalue weighted by atomic mass is 19.4. The number of hydrogen-bond acceptors (Lipinski definition) is 2. The number of halogens is 3. The SMILES string of the molecule is CCCOCC1CCC(CCC2CCC(c3ccc(OC(F)(F)F)cc3)CC2)CC1. The molecular weight excluding hydrogens is 389 g/mol. The molecule has 2 saturated carbocycles. The van der Waals surface area contributed by atoms with Crippen molar-refractivity contribution in [2.45, 2.75) is 89.8 Å². The Kier molecular flexibility index (Phi) is 8.91. The van der Waals surface area contributed by atoms with Crippen LogP contribution in [0.2, 0.25) is 0 Å². The third-order valence-corrected chi connectivity index (χ3v) is 7.08. The second-order valence-electron chi connectivity index (χ2n) is 9.37. The minimum atomic E-state index is -4.62. The minimum Gasteiger partial charge on any atom is -0.406 e. The molecule has 0 saturated heterocycles. The fraction of sp³-hybridized carbons (Fsp3) is 0.760. The van der Waals surface area contributed by atoms with Crippen molar-refractivity contribution < 1.29 is 22.6 Å². The summed E-state index contributed by atoms with van der Waals surface area (Å²) in [5, 5.41) is 0. The molecule has 30 heavy (non-hydrogen) atoms. The van der Waals surface area contributed by atoms with Crippen LogP contribution >= 0.6 is 0 Å². The summed E-state index contributed by atoms with van der Waals surface area (Å²) in [6.07, 6.45) is 9.34. The summed E-state index contributed by atoms with van der Waals surface area (Å²) in [6, 6.07) is 6.49. The van der Waals surface area contributed by atoms with Crippen molar-refractivity contribution in [2.75, 3.05) is 13.2 Å². The summed E-state index contributed by atoms with van der Waals surface area (Å²) in [5.74, 6) is 2.83. The first-order valence-electron chi connectivity index (χ1n) is 11.9. The molecule has 2 aliphatic carbocycles. The Hall–Kier alpha value is -1.23. The molecular formula is C25H37F3O2. The van der Waals surface area contributed by atoms with Crippen LogP contribution in [0.1, 0.15) is 89.0 Å². The first-order valence-corrected chi connectivity index (χ1v) is 11.9. The van der Waals surface area contributed by atoms with E-state index in [0.29, 0.717) is 5.92 Å². The lowest BCUT2D eigenvalue weighted by Gasteiger charge is -2.32. The maximum absolute atomic E-state index is 12.3. The number of hydrogen-bond donors (Lipinski definition) is 0. The van der Waals surface area contributed by atoms with Gasteiger partial charge in [-0.05, 0) is 86.3 Å². The molecule has 0 N–H and O–H groups in total. The number of benzene rings is 1. The van der Waals surface area contributed by atoms with Crippen molar-refractivity contribution in [2.24, 2.45) is 17.8 Å². The zero-order valence-electron chi connectivity index (χ0n) is 18.3. The molecule has 0 spiro atoms. The van der Waals surface area contributed by atoms with E-state index in [4.69, 9.17) is 4.74 Å². The van der Waals surface area contributed by atoms with E-state index in [-0.39, 0.29) is 5.75 Å². The third-order valence-electron chi connectivity index (χ3n) is 7.08. The van der Waals surface area contributed by atoms with Gasteiger partial charge in [-0.15, -0.1) is 13.2 Å². The van der Waals surface area contributed by atoms with Crippen LogP contribution in [-0.4, -0.2) is 19.6 Å². The molecule has 0 amide bonds. The zero-order valence-corrected chi connectivity index (χ0v) is 18.3. The standard InChI is InChI=1S/C25H37F3O2/c1-2-17-29-18-21-7-5-19(6-8-21)3-4-20-9-11-22(12-10-20)23-13-15-24(16-14-23)30-25(26,27)28/h13-16,19-22H,2-12,17-18H2,1H3. The van der Waals surface area contributed by atoms with Crippen LogP contribution < -0.4 is 4.74 Å². The van der Waals surface area contributed by atoms with E-state index in [1.807, 2.05) is 0 Å². The van der Waals surface area contributed by atoms with Gasteiger partial charge >= 0.3 is 6.36 Å². The Morgan fingerprint density at radius 1 is 0.800 bits per heavy atom. The van der Waals surface area contributed by atoms with E-state index in [2.05, 4.69) is 11.7 Å². The summed E-state index contributed by atoms with van der Waals surface area (Å²) in [7, 11) is 0. The third kappa shape index (κ3) is 7.79. The largest absolute Gasteiger partial charge is 0.573 e. The predicted molar refractivity (Wildman–Crippen MR) is 114 cm³/mol. The van der Waals surface area contributed by atoms with Crippen LogP contribution in [0.25, 0.3) is 0 Å². The van der Waals surface area contributed by atoms with Gasteiger partial charge in [0.2, 0.25) is 0 Å². The molecule has 0 aromatic heterocycles. The van der Waals surface area contributed by atoms with Gasteiger partial charge in [0.05, 0.1) is 0 Å². The summed E-state index contributed by atoms with van der Waals surface area (Å²) < 4.78 is 46.6. The van der Waals surface area contributed by atoms with E-state index in [9.17, 15) is 13.2 Å². The Balaban J connectivity index is 1.32. The highest BCUT2D eigenvalue weighted by Gasteiger charge is 2.31. The molecule has 1 aromatic carbocycles. The van der Waals surface area contributed by atoms with E-state index in [1.165, 1.54) is 63.5 Å². The monoisotopic (exact) mass is 426 g/mol. The molecule has 2 nitrogen and oxygen atoms in total. The van der Waals surface area contributed by atoms with Crippen LogP contribution in [0.5, 0.6) is 5.75 Å². The van der Waals surface area contributed by atoms with Crippen molar-refractivity contribution >= 4 is 0 Å². The van der Waals surface area contributed by atoms with E-state index in [0.717, 1.165) is 55.8 Å². The van der Waals surface area contributed by atoms with Gasteiger partial charge in [0.1, 0.15) is 5.75 Å². The first-order chi connectivity index (χ1) is 14.4. The van der Waals surface area contributed by atoms with E-state index >= 15 is 0 Å². The van der Waals surface area contributed by atoms with Gasteiger partial charge in [-0.25, -0.2) is 0 Å². The normalized spacial score (nSPS) is 27.7. The van der Waals surface area contributed by atoms with Crippen molar-refractivity contribution in [3.8, 4) is 5.75 Å². The molecule has 170 valence electrons. The predicted octanol–water partition coefficient (Wildman–Crippen LogP) is 7.87. The summed E-state index contributed by atoms with van der Waals surface area (Å²) in [4.78, 5) is 0. The van der Waals surface area contributed by atoms with Gasteiger partial charge in [-0.1, -0.05) is 44.7 Å². The lowest BCUT2D eigenvalue weighted by molar-refractivity contribution is -0.274. The number of ether oxygens (including phenoxy) is 2. The van der Waals surface area contributed by atoms with Crippen LogP contribution in [0.3, 0.4) is 0 Å². The topological polar surface area (TPSA) is 18.5 Å². The van der Waals surface area contributed by atoms with Crippen LogP contribution in [0.15, 0.2) is 24.3 Å². The van der Waals surface area contributed by atoms with Gasteiger partial charge in [-0.3, -0.25) is 0 Å². The highest BCUT2D eigenvalue weighted by molar-refractivity contribution is 5.29. The Bertz CT molecular complexity index is 598. The average molecular weight is 427 g/mol. The van der Waals surface area contributed by atoms with Gasteiger partial charge in [0.25, 0.3) is 0 Å². The molecule has 0 bridgehead atoms. The Morgan fingerprint density at radius 2 is 1.33 bits per heavy atom. The molecule has 0 atom stereocenters. The summed E-state index contributed by atoms with van der Waals surface area (Å²) >= 11 is 0. The molecule has 5 heteroatoms. The Labute approximate surface area is 179 Å². The number of rotatable bonds is 9. The van der Waals surface area contributed by atoms with Gasteiger partial charge < -0.3 is 9.47 Å². The maximum atomic E-state index is 12.3. The molecule has 0 aliphatic heterocycles. The Morgan fingerprint density at radius 3 is 1.87 bits per heavy atom. The molecule has 2 aliphatic rings. The molecule has 3 rings (SSSR count). The van der Waals surface area contributed by atoms with E-state index < -0.39 is 6.36 Å². The zero-order chi connectivity index (χ0) is 21.4. The molecule has 1 aromatic rings. The summed E-state index contributed by atoms with van der Waals surface area (Å²) in [6.45, 7) is 4.01. The van der Waals surface area contributed by atoms with Crippen LogP contribution in [0.4, 0.5) is 13.2 Å². The molecule has 2 fully saturated rings. The van der Waals surface area contributed by atoms with Crippen molar-refractivity contribution in [1.82, 2.24) is 0 Å². The highest BCUT2D eigenvalue weighted by Crippen LogP contribution is 2.40. The van der Waals surface area contributed by atoms with Gasteiger partial charge in [0.15, 0.2) is 0 Å². The van der Waals surface area contributed by atoms with Crippen molar-refractivity contribution in [3.05, 3.63) is 29.8 Å². The van der Waals surface area contributed by atoms with E-state index in [1.54, 1.807) is 12.1 Å². The smallest absolute Gasteiger partial charge is 0.406 e. The van der Waals surface area contributed by atoms with Crippen LogP contribution in [-0.2, 0) is 4.74 Å². The van der Waals surface area contributed by atoms with Crippen molar-refractivity contribution in [1.29, 1.82) is 0 Å². The first kappa shape index (κ1) is 23.4. The molecule has 0 heterocycles. The second kappa shape index (κ2) is 11.4. The fourth-order valence-electron chi connectivity index (χ4n) is 5.28.